The number of nitrogens with zero attached hydrogens (tertiary/aromatic N) is 1. The van der Waals surface area contributed by atoms with E-state index in [0.717, 1.165) is 0 Å². The Morgan fingerprint density at radius 3 is 2.59 bits per heavy atom. The lowest BCUT2D eigenvalue weighted by Gasteiger charge is -2.43. The number of anilines is 1. The molecule has 0 saturated carbocycles. The highest BCUT2D eigenvalue weighted by Crippen LogP contribution is 2.35. The fourth-order valence-electron chi connectivity index (χ4n) is 1.96. The van der Waals surface area contributed by atoms with Gasteiger partial charge in [-0.05, 0) is 12.1 Å². The smallest absolute Gasteiger partial charge is 0.259 e. The third-order valence-electron chi connectivity index (χ3n) is 2.83. The van der Waals surface area contributed by atoms with Crippen LogP contribution in [-0.2, 0) is 14.3 Å². The molecule has 1 amide bonds. The van der Waals surface area contributed by atoms with Crippen molar-refractivity contribution < 1.29 is 19.1 Å². The third-order valence-corrected chi connectivity index (χ3v) is 2.83. The summed E-state index contributed by atoms with van der Waals surface area (Å²) in [6, 6.07) is 6.48. The minimum atomic E-state index is -0.683. The summed E-state index contributed by atoms with van der Waals surface area (Å²) in [5, 5.41) is 0. The summed E-state index contributed by atoms with van der Waals surface area (Å²) in [5.41, 5.74) is 0.588. The molecule has 1 heterocycles. The van der Waals surface area contributed by atoms with Crippen molar-refractivity contribution in [3.63, 3.8) is 0 Å². The summed E-state index contributed by atoms with van der Waals surface area (Å²) < 4.78 is 10.1. The molecule has 0 unspecified atom stereocenters. The van der Waals surface area contributed by atoms with E-state index >= 15 is 0 Å². The lowest BCUT2D eigenvalue weighted by atomic mass is 9.98. The molecule has 5 heteroatoms. The monoisotopic (exact) mass is 235 g/mol. The zero-order chi connectivity index (χ0) is 12.4. The van der Waals surface area contributed by atoms with E-state index in [9.17, 15) is 9.59 Å². The molecule has 1 aromatic rings. The van der Waals surface area contributed by atoms with Gasteiger partial charge in [0, 0.05) is 7.11 Å². The molecule has 1 aromatic carbocycles. The number of methoxy groups -OCH3 is 2. The van der Waals surface area contributed by atoms with Gasteiger partial charge in [0.05, 0.1) is 12.8 Å². The van der Waals surface area contributed by atoms with Gasteiger partial charge in [0.1, 0.15) is 18.1 Å². The number of ether oxygens (including phenoxy) is 2. The lowest BCUT2D eigenvalue weighted by Crippen LogP contribution is -2.66. The maximum atomic E-state index is 11.8. The van der Waals surface area contributed by atoms with Gasteiger partial charge in [-0.1, -0.05) is 12.1 Å². The number of hydrogen-bond donors (Lipinski definition) is 0. The SMILES string of the molecule is COc1ccccc1N1C(=O)[C@@H](OC)[C@H]1C=O. The van der Waals surface area contributed by atoms with Crippen LogP contribution in [0, 0.1) is 0 Å². The van der Waals surface area contributed by atoms with Crippen molar-refractivity contribution in [1.82, 2.24) is 0 Å². The standard InChI is InChI=1S/C12H13NO4/c1-16-10-6-4-3-5-8(10)13-9(7-14)11(17-2)12(13)15/h3-7,9,11H,1-2H3/t9-,11+/m1/s1. The molecule has 17 heavy (non-hydrogen) atoms. The lowest BCUT2D eigenvalue weighted by molar-refractivity contribution is -0.142. The number of hydrogen-bond acceptors (Lipinski definition) is 4. The van der Waals surface area contributed by atoms with Gasteiger partial charge in [-0.2, -0.15) is 0 Å². The first-order chi connectivity index (χ1) is 8.24. The van der Waals surface area contributed by atoms with Crippen LogP contribution in [0.3, 0.4) is 0 Å². The molecule has 5 nitrogen and oxygen atoms in total. The second kappa shape index (κ2) is 4.55. The molecule has 1 aliphatic rings. The van der Waals surface area contributed by atoms with Crippen molar-refractivity contribution in [2.24, 2.45) is 0 Å². The quantitative estimate of drug-likeness (QED) is 0.567. The van der Waals surface area contributed by atoms with Crippen molar-refractivity contribution in [3.05, 3.63) is 24.3 Å². The number of carbonyl (C=O) groups is 2. The predicted molar refractivity (Wildman–Crippen MR) is 61.1 cm³/mol. The minimum Gasteiger partial charge on any atom is -0.495 e. The molecule has 0 aromatic heterocycles. The van der Waals surface area contributed by atoms with Gasteiger partial charge in [-0.3, -0.25) is 9.69 Å². The maximum Gasteiger partial charge on any atom is 0.259 e. The Morgan fingerprint density at radius 2 is 2.00 bits per heavy atom. The Hall–Kier alpha value is -1.88. The van der Waals surface area contributed by atoms with Crippen molar-refractivity contribution in [1.29, 1.82) is 0 Å². The van der Waals surface area contributed by atoms with Crippen LogP contribution in [0.15, 0.2) is 24.3 Å². The molecule has 0 radical (unpaired) electrons. The van der Waals surface area contributed by atoms with E-state index < -0.39 is 12.1 Å². The maximum absolute atomic E-state index is 11.8. The molecule has 1 aliphatic heterocycles. The highest BCUT2D eigenvalue weighted by atomic mass is 16.5. The predicted octanol–water partition coefficient (Wildman–Crippen LogP) is 0.624. The van der Waals surface area contributed by atoms with E-state index in [1.165, 1.54) is 19.1 Å². The van der Waals surface area contributed by atoms with Crippen LogP contribution in [0.5, 0.6) is 5.75 Å². The topological polar surface area (TPSA) is 55.8 Å². The van der Waals surface area contributed by atoms with Crippen LogP contribution in [0.1, 0.15) is 0 Å². The summed E-state index contributed by atoms with van der Waals surface area (Å²) in [7, 11) is 2.94. The van der Waals surface area contributed by atoms with E-state index in [2.05, 4.69) is 0 Å². The Labute approximate surface area is 98.9 Å². The Bertz CT molecular complexity index is 446. The van der Waals surface area contributed by atoms with Crippen LogP contribution in [-0.4, -0.2) is 38.6 Å². The molecular weight excluding hydrogens is 222 g/mol. The van der Waals surface area contributed by atoms with Gasteiger partial charge in [0.2, 0.25) is 0 Å². The van der Waals surface area contributed by atoms with E-state index in [4.69, 9.17) is 9.47 Å². The summed E-state index contributed by atoms with van der Waals surface area (Å²) in [4.78, 5) is 24.2. The van der Waals surface area contributed by atoms with Gasteiger partial charge in [-0.25, -0.2) is 0 Å². The van der Waals surface area contributed by atoms with Gasteiger partial charge in [0.15, 0.2) is 6.10 Å². The van der Waals surface area contributed by atoms with Crippen LogP contribution >= 0.6 is 0 Å². The first kappa shape index (κ1) is 11.6. The Morgan fingerprint density at radius 1 is 1.29 bits per heavy atom. The van der Waals surface area contributed by atoms with E-state index in [1.54, 1.807) is 24.3 Å². The van der Waals surface area contributed by atoms with Crippen LogP contribution in [0.25, 0.3) is 0 Å². The fraction of sp³-hybridized carbons (Fsp3) is 0.333. The zero-order valence-electron chi connectivity index (χ0n) is 9.62. The summed E-state index contributed by atoms with van der Waals surface area (Å²) in [6.07, 6.45) is 0.0274. The normalized spacial score (nSPS) is 23.2. The molecule has 0 N–H and O–H groups in total. The average Bonchev–Trinajstić information content (AvgIpc) is 2.36. The van der Waals surface area contributed by atoms with E-state index in [0.29, 0.717) is 17.7 Å². The van der Waals surface area contributed by atoms with Gasteiger partial charge in [-0.15, -0.1) is 0 Å². The zero-order valence-corrected chi connectivity index (χ0v) is 9.62. The molecule has 1 fully saturated rings. The first-order valence-corrected chi connectivity index (χ1v) is 5.18. The molecule has 0 spiro atoms. The first-order valence-electron chi connectivity index (χ1n) is 5.18. The van der Waals surface area contributed by atoms with Crippen molar-refractivity contribution in [2.45, 2.75) is 12.1 Å². The van der Waals surface area contributed by atoms with Crippen molar-refractivity contribution in [2.75, 3.05) is 19.1 Å². The third kappa shape index (κ3) is 1.68. The number of carbonyl (C=O) groups excluding carboxylic acids is 2. The molecule has 0 aliphatic carbocycles. The Balaban J connectivity index is 2.34. The second-order valence-electron chi connectivity index (χ2n) is 3.66. The largest absolute Gasteiger partial charge is 0.495 e. The molecule has 2 rings (SSSR count). The van der Waals surface area contributed by atoms with Crippen LogP contribution in [0.4, 0.5) is 5.69 Å². The number of amides is 1. The molecule has 2 atom stereocenters. The number of rotatable bonds is 4. The van der Waals surface area contributed by atoms with Gasteiger partial charge >= 0.3 is 0 Å². The molecule has 90 valence electrons. The number of β-lactam (4-membered cyclic amide) rings is 1. The van der Waals surface area contributed by atoms with E-state index in [1.807, 2.05) is 0 Å². The van der Waals surface area contributed by atoms with Crippen molar-refractivity contribution in [3.8, 4) is 5.75 Å². The number of benzene rings is 1. The van der Waals surface area contributed by atoms with Crippen LogP contribution < -0.4 is 9.64 Å². The van der Waals surface area contributed by atoms with Gasteiger partial charge < -0.3 is 14.3 Å². The summed E-state index contributed by atoms with van der Waals surface area (Å²) in [5.74, 6) is 0.330. The number of para-hydroxylation sites is 2. The summed E-state index contributed by atoms with van der Waals surface area (Å²) >= 11 is 0. The van der Waals surface area contributed by atoms with Gasteiger partial charge in [0.25, 0.3) is 5.91 Å². The summed E-state index contributed by atoms with van der Waals surface area (Å²) in [6.45, 7) is 0. The Kier molecular flexibility index (Phi) is 3.10. The van der Waals surface area contributed by atoms with Crippen LogP contribution in [0.2, 0.25) is 0 Å². The molecular formula is C12H13NO4. The second-order valence-corrected chi connectivity index (χ2v) is 3.66. The van der Waals surface area contributed by atoms with Crippen molar-refractivity contribution >= 4 is 17.9 Å². The number of aldehydes is 1. The van der Waals surface area contributed by atoms with E-state index in [-0.39, 0.29) is 5.91 Å². The average molecular weight is 235 g/mol. The highest BCUT2D eigenvalue weighted by Gasteiger charge is 2.49. The minimum absolute atomic E-state index is 0.228. The fourth-order valence-corrected chi connectivity index (χ4v) is 1.96. The molecule has 1 saturated heterocycles. The highest BCUT2D eigenvalue weighted by molar-refractivity contribution is 6.10. The molecule has 0 bridgehead atoms.